The van der Waals surface area contributed by atoms with Gasteiger partial charge in [0, 0.05) is 0 Å². The molecule has 0 fully saturated rings. The minimum absolute atomic E-state index is 0.121. The van der Waals surface area contributed by atoms with Crippen LogP contribution in [0.4, 0.5) is 10.5 Å². The number of carboxylic acids is 1. The first-order valence-corrected chi connectivity index (χ1v) is 8.01. The summed E-state index contributed by atoms with van der Waals surface area (Å²) in [5.74, 6) is -1.57. The van der Waals surface area contributed by atoms with Gasteiger partial charge in [0.15, 0.2) is 5.75 Å². The van der Waals surface area contributed by atoms with E-state index in [0.717, 1.165) is 19.3 Å². The van der Waals surface area contributed by atoms with Crippen LogP contribution in [0.1, 0.15) is 55.8 Å². The van der Waals surface area contributed by atoms with Gasteiger partial charge in [0.25, 0.3) is 0 Å². The highest BCUT2D eigenvalue weighted by molar-refractivity contribution is 6.35. The van der Waals surface area contributed by atoms with Crippen molar-refractivity contribution in [3.63, 3.8) is 0 Å². The van der Waals surface area contributed by atoms with E-state index in [1.165, 1.54) is 31.4 Å². The Labute approximate surface area is 140 Å². The maximum absolute atomic E-state index is 11.6. The van der Waals surface area contributed by atoms with Gasteiger partial charge in [0.05, 0.1) is 12.3 Å². The molecule has 0 saturated heterocycles. The first-order valence-electron chi connectivity index (χ1n) is 7.63. The number of anilines is 1. The Balaban J connectivity index is 2.48. The maximum Gasteiger partial charge on any atom is 0.513 e. The summed E-state index contributed by atoms with van der Waals surface area (Å²) in [5, 5.41) is 8.96. The number of aromatic carboxylic acids is 1. The molecule has 0 aliphatic carbocycles. The van der Waals surface area contributed by atoms with Crippen molar-refractivity contribution in [1.29, 1.82) is 0 Å². The highest BCUT2D eigenvalue weighted by Crippen LogP contribution is 2.34. The molecule has 6 nitrogen and oxygen atoms in total. The molecule has 1 aromatic carbocycles. The van der Waals surface area contributed by atoms with Crippen LogP contribution >= 0.6 is 11.6 Å². The zero-order chi connectivity index (χ0) is 17.2. The summed E-state index contributed by atoms with van der Waals surface area (Å²) in [6.45, 7) is 2.36. The van der Waals surface area contributed by atoms with E-state index in [2.05, 4.69) is 6.92 Å². The number of halogens is 1. The molecule has 0 bridgehead atoms. The standard InChI is InChI=1S/C16H22ClNO5/c1-2-3-4-5-6-7-10-22-16(21)23-14-11(15(19)20)8-9-12(18)13(14)17/h8-9H,2-7,10,18H2,1H3,(H,19,20). The maximum atomic E-state index is 11.6. The molecule has 23 heavy (non-hydrogen) atoms. The Morgan fingerprint density at radius 1 is 1.17 bits per heavy atom. The Morgan fingerprint density at radius 3 is 2.48 bits per heavy atom. The second kappa shape index (κ2) is 9.94. The second-order valence-corrected chi connectivity index (χ2v) is 5.50. The topological polar surface area (TPSA) is 98.8 Å². The largest absolute Gasteiger partial charge is 0.513 e. The number of carbonyl (C=O) groups excluding carboxylic acids is 1. The fourth-order valence-electron chi connectivity index (χ4n) is 1.99. The third kappa shape index (κ3) is 6.36. The molecule has 0 saturated carbocycles. The molecule has 0 spiro atoms. The molecular weight excluding hydrogens is 322 g/mol. The number of hydrogen-bond acceptors (Lipinski definition) is 5. The van der Waals surface area contributed by atoms with Gasteiger partial charge in [-0.25, -0.2) is 9.59 Å². The first kappa shape index (κ1) is 19.1. The third-order valence-corrected chi connectivity index (χ3v) is 3.65. The first-order chi connectivity index (χ1) is 11.0. The smallest absolute Gasteiger partial charge is 0.478 e. The summed E-state index contributed by atoms with van der Waals surface area (Å²) in [6, 6.07) is 2.56. The minimum Gasteiger partial charge on any atom is -0.478 e. The number of carboxylic acid groups (broad SMARTS) is 1. The van der Waals surface area contributed by atoms with Gasteiger partial charge in [0.2, 0.25) is 0 Å². The van der Waals surface area contributed by atoms with Gasteiger partial charge < -0.3 is 20.3 Å². The van der Waals surface area contributed by atoms with Crippen molar-refractivity contribution in [2.75, 3.05) is 12.3 Å². The zero-order valence-corrected chi connectivity index (χ0v) is 13.9. The Hall–Kier alpha value is -1.95. The molecule has 0 radical (unpaired) electrons. The number of carbonyl (C=O) groups is 2. The molecule has 0 atom stereocenters. The van der Waals surface area contributed by atoms with E-state index in [0.29, 0.717) is 0 Å². The fourth-order valence-corrected chi connectivity index (χ4v) is 2.19. The van der Waals surface area contributed by atoms with Crippen LogP contribution in [0.25, 0.3) is 0 Å². The van der Waals surface area contributed by atoms with E-state index in [9.17, 15) is 9.59 Å². The van der Waals surface area contributed by atoms with Crippen molar-refractivity contribution in [3.05, 3.63) is 22.7 Å². The quantitative estimate of drug-likeness (QED) is 0.296. The van der Waals surface area contributed by atoms with Crippen LogP contribution in [0.2, 0.25) is 5.02 Å². The van der Waals surface area contributed by atoms with Gasteiger partial charge in [0.1, 0.15) is 10.6 Å². The predicted molar refractivity (Wildman–Crippen MR) is 88.2 cm³/mol. The monoisotopic (exact) mass is 343 g/mol. The lowest BCUT2D eigenvalue weighted by Crippen LogP contribution is -2.14. The number of hydrogen-bond donors (Lipinski definition) is 2. The van der Waals surface area contributed by atoms with Crippen LogP contribution in [-0.2, 0) is 4.74 Å². The van der Waals surface area contributed by atoms with Crippen molar-refractivity contribution in [2.45, 2.75) is 45.4 Å². The van der Waals surface area contributed by atoms with E-state index in [1.54, 1.807) is 0 Å². The normalized spacial score (nSPS) is 10.3. The SMILES string of the molecule is CCCCCCCCOC(=O)Oc1c(C(=O)O)ccc(N)c1Cl. The summed E-state index contributed by atoms with van der Waals surface area (Å²) >= 11 is 5.90. The second-order valence-electron chi connectivity index (χ2n) is 5.12. The number of benzene rings is 1. The van der Waals surface area contributed by atoms with E-state index >= 15 is 0 Å². The van der Waals surface area contributed by atoms with E-state index < -0.39 is 12.1 Å². The summed E-state index contributed by atoms with van der Waals surface area (Å²) in [5.41, 5.74) is 5.46. The molecule has 0 aliphatic rings. The van der Waals surface area contributed by atoms with Crippen molar-refractivity contribution in [1.82, 2.24) is 0 Å². The average molecular weight is 344 g/mol. The van der Waals surface area contributed by atoms with Gasteiger partial charge in [-0.05, 0) is 18.6 Å². The molecule has 0 aromatic heterocycles. The van der Waals surface area contributed by atoms with Gasteiger partial charge in [-0.1, -0.05) is 50.6 Å². The molecule has 0 amide bonds. The highest BCUT2D eigenvalue weighted by atomic mass is 35.5. The molecule has 128 valence electrons. The Morgan fingerprint density at radius 2 is 1.83 bits per heavy atom. The molecule has 3 N–H and O–H groups in total. The molecule has 0 unspecified atom stereocenters. The van der Waals surface area contributed by atoms with Crippen LogP contribution in [0.3, 0.4) is 0 Å². The van der Waals surface area contributed by atoms with Gasteiger partial charge in [-0.2, -0.15) is 0 Å². The molecule has 1 rings (SSSR count). The van der Waals surface area contributed by atoms with Crippen LogP contribution in [0.15, 0.2) is 12.1 Å². The molecule has 0 heterocycles. The van der Waals surface area contributed by atoms with Crippen LogP contribution in [-0.4, -0.2) is 23.8 Å². The van der Waals surface area contributed by atoms with E-state index in [1.807, 2.05) is 0 Å². The lowest BCUT2D eigenvalue weighted by atomic mass is 10.1. The van der Waals surface area contributed by atoms with E-state index in [-0.39, 0.29) is 28.6 Å². The van der Waals surface area contributed by atoms with E-state index in [4.69, 9.17) is 31.9 Å². The van der Waals surface area contributed by atoms with Gasteiger partial charge in [-0.3, -0.25) is 0 Å². The molecule has 7 heteroatoms. The molecule has 0 aliphatic heterocycles. The predicted octanol–water partition coefficient (Wildman–Crippen LogP) is 4.50. The summed E-state index contributed by atoms with van der Waals surface area (Å²) in [6.07, 6.45) is 5.35. The number of rotatable bonds is 9. The minimum atomic E-state index is -1.27. The Kier molecular flexibility index (Phi) is 8.26. The van der Waals surface area contributed by atoms with Crippen LogP contribution < -0.4 is 10.5 Å². The van der Waals surface area contributed by atoms with Crippen molar-refractivity contribution in [2.24, 2.45) is 0 Å². The molecular formula is C16H22ClNO5. The summed E-state index contributed by atoms with van der Waals surface area (Å²) < 4.78 is 9.84. The van der Waals surface area contributed by atoms with Gasteiger partial charge >= 0.3 is 12.1 Å². The van der Waals surface area contributed by atoms with Crippen LogP contribution in [0, 0.1) is 0 Å². The number of nitrogen functional groups attached to an aromatic ring is 1. The lowest BCUT2D eigenvalue weighted by molar-refractivity contribution is 0.0689. The average Bonchev–Trinajstić information content (AvgIpc) is 2.50. The third-order valence-electron chi connectivity index (χ3n) is 3.26. The Bertz CT molecular complexity index is 548. The van der Waals surface area contributed by atoms with Crippen molar-refractivity contribution < 1.29 is 24.2 Å². The van der Waals surface area contributed by atoms with Crippen molar-refractivity contribution in [3.8, 4) is 5.75 Å². The number of ether oxygens (including phenoxy) is 2. The molecule has 1 aromatic rings. The summed E-state index contributed by atoms with van der Waals surface area (Å²) in [4.78, 5) is 22.8. The number of unbranched alkanes of at least 4 members (excludes halogenated alkanes) is 5. The highest BCUT2D eigenvalue weighted by Gasteiger charge is 2.20. The lowest BCUT2D eigenvalue weighted by Gasteiger charge is -2.11. The fraction of sp³-hybridized carbons (Fsp3) is 0.500. The zero-order valence-electron chi connectivity index (χ0n) is 13.1. The number of nitrogens with two attached hydrogens (primary N) is 1. The summed E-state index contributed by atoms with van der Waals surface area (Å²) in [7, 11) is 0. The van der Waals surface area contributed by atoms with Crippen molar-refractivity contribution >= 4 is 29.4 Å². The van der Waals surface area contributed by atoms with Gasteiger partial charge in [-0.15, -0.1) is 0 Å². The van der Waals surface area contributed by atoms with Crippen LogP contribution in [0.5, 0.6) is 5.75 Å².